The van der Waals surface area contributed by atoms with Gasteiger partial charge in [-0.25, -0.2) is 9.98 Å². The van der Waals surface area contributed by atoms with Crippen LogP contribution in [0.4, 0.5) is 0 Å². The summed E-state index contributed by atoms with van der Waals surface area (Å²) >= 11 is 3.88. The lowest BCUT2D eigenvalue weighted by Gasteiger charge is -2.36. The first-order valence-electron chi connectivity index (χ1n) is 10.6. The van der Waals surface area contributed by atoms with E-state index in [0.717, 1.165) is 37.4 Å². The highest BCUT2D eigenvalue weighted by atomic mass is 79.9. The average Bonchev–Trinajstić information content (AvgIpc) is 2.80. The molecule has 0 amide bonds. The molecule has 0 aromatic heterocycles. The van der Waals surface area contributed by atoms with Crippen LogP contribution >= 0.6 is 15.9 Å². The lowest BCUT2D eigenvalue weighted by molar-refractivity contribution is 0.469. The Hall–Kier alpha value is -2.20. The summed E-state index contributed by atoms with van der Waals surface area (Å²) in [4.78, 5) is 10.6. The number of halogens is 1. The van der Waals surface area contributed by atoms with Crippen molar-refractivity contribution in [2.24, 2.45) is 27.7 Å². The van der Waals surface area contributed by atoms with Gasteiger partial charge >= 0.3 is 0 Å². The zero-order valence-corrected chi connectivity index (χ0v) is 18.0. The molecule has 0 radical (unpaired) electrons. The molecule has 0 aromatic rings. The first-order chi connectivity index (χ1) is 14.3. The molecule has 5 atom stereocenters. The summed E-state index contributed by atoms with van der Waals surface area (Å²) in [5.74, 6) is 3.01. The quantitative estimate of drug-likeness (QED) is 0.563. The molecule has 1 heterocycles. The van der Waals surface area contributed by atoms with Gasteiger partial charge in [0.15, 0.2) is 5.84 Å². The maximum absolute atomic E-state index is 5.13. The Morgan fingerprint density at radius 1 is 0.931 bits per heavy atom. The standard InChI is InChI=1S/C25H26BrN3/c26-22-16-15-21(19-13-7-8-14-20(19)22)25-28-23(17-9-3-1-4-10-17)27-24(29-25)18-11-5-2-6-12-18/h1,3-5,7-9,11-15,17,19-20,22-23H,2,6,10,16H2,(H,27,28,29). The summed E-state index contributed by atoms with van der Waals surface area (Å²) in [6.45, 7) is 0. The maximum atomic E-state index is 5.13. The van der Waals surface area contributed by atoms with E-state index < -0.39 is 0 Å². The molecule has 0 saturated carbocycles. The van der Waals surface area contributed by atoms with Crippen molar-refractivity contribution in [2.75, 3.05) is 0 Å². The molecule has 0 aromatic carbocycles. The molecule has 0 spiro atoms. The number of nitrogens with zero attached hydrogens (tertiary/aromatic N) is 2. The number of fused-ring (bicyclic) bond motifs is 1. The molecule has 5 aliphatic rings. The van der Waals surface area contributed by atoms with Gasteiger partial charge in [0, 0.05) is 33.7 Å². The van der Waals surface area contributed by atoms with Crippen LogP contribution in [0.25, 0.3) is 0 Å². The molecule has 1 N–H and O–H groups in total. The Labute approximate surface area is 181 Å². The number of alkyl halides is 1. The van der Waals surface area contributed by atoms with Crippen LogP contribution in [0.5, 0.6) is 0 Å². The van der Waals surface area contributed by atoms with Crippen molar-refractivity contribution >= 4 is 27.6 Å². The number of aliphatic imine (C=N–C) groups is 2. The van der Waals surface area contributed by atoms with Gasteiger partial charge in [-0.1, -0.05) is 88.8 Å². The Morgan fingerprint density at radius 2 is 1.83 bits per heavy atom. The highest BCUT2D eigenvalue weighted by Crippen LogP contribution is 2.40. The molecule has 0 saturated heterocycles. The first kappa shape index (κ1) is 18.8. The third kappa shape index (κ3) is 3.83. The molecule has 148 valence electrons. The second kappa shape index (κ2) is 8.27. The van der Waals surface area contributed by atoms with E-state index in [-0.39, 0.29) is 6.17 Å². The van der Waals surface area contributed by atoms with E-state index in [1.54, 1.807) is 0 Å². The van der Waals surface area contributed by atoms with Gasteiger partial charge in [-0.15, -0.1) is 0 Å². The molecule has 4 heteroatoms. The number of hydrogen-bond donors (Lipinski definition) is 1. The molecule has 0 fully saturated rings. The van der Waals surface area contributed by atoms with E-state index in [0.29, 0.717) is 22.6 Å². The van der Waals surface area contributed by atoms with Gasteiger partial charge in [0.25, 0.3) is 0 Å². The summed E-state index contributed by atoms with van der Waals surface area (Å²) in [6, 6.07) is 0. The number of rotatable bonds is 3. The van der Waals surface area contributed by atoms with Gasteiger partial charge in [0.05, 0.1) is 0 Å². The van der Waals surface area contributed by atoms with Crippen molar-refractivity contribution in [2.45, 2.75) is 36.7 Å². The molecular formula is C25H26BrN3. The molecule has 5 unspecified atom stereocenters. The molecule has 3 nitrogen and oxygen atoms in total. The Kier molecular flexibility index (Phi) is 5.36. The SMILES string of the molecule is BrC1CC=C(C2=NC(C3C=CC=CC3)NC(C3=CCCC=C3)=N2)C2C=CC=CC12. The van der Waals surface area contributed by atoms with E-state index in [9.17, 15) is 0 Å². The minimum absolute atomic E-state index is 0.0130. The Bertz CT molecular complexity index is 941. The van der Waals surface area contributed by atoms with Crippen molar-refractivity contribution in [3.8, 4) is 0 Å². The van der Waals surface area contributed by atoms with Crippen molar-refractivity contribution in [1.82, 2.24) is 5.32 Å². The van der Waals surface area contributed by atoms with Crippen LogP contribution in [-0.2, 0) is 0 Å². The van der Waals surface area contributed by atoms with Crippen LogP contribution in [-0.4, -0.2) is 22.7 Å². The molecule has 4 aliphatic carbocycles. The lowest BCUT2D eigenvalue weighted by atomic mass is 9.75. The lowest BCUT2D eigenvalue weighted by Crippen LogP contribution is -2.44. The maximum Gasteiger partial charge on any atom is 0.155 e. The van der Waals surface area contributed by atoms with Crippen LogP contribution in [0.3, 0.4) is 0 Å². The number of allylic oxidation sites excluding steroid dienone is 10. The molecule has 0 bridgehead atoms. The zero-order chi connectivity index (χ0) is 19.6. The van der Waals surface area contributed by atoms with Gasteiger partial charge in [-0.05, 0) is 25.7 Å². The van der Waals surface area contributed by atoms with E-state index in [2.05, 4.69) is 94.2 Å². The third-order valence-corrected chi connectivity index (χ3v) is 7.21. The molecular weight excluding hydrogens is 422 g/mol. The second-order valence-corrected chi connectivity index (χ2v) is 9.31. The minimum atomic E-state index is 0.0130. The fourth-order valence-corrected chi connectivity index (χ4v) is 5.33. The predicted octanol–water partition coefficient (Wildman–Crippen LogP) is 5.57. The Balaban J connectivity index is 1.52. The van der Waals surface area contributed by atoms with E-state index in [1.807, 2.05) is 0 Å². The zero-order valence-electron chi connectivity index (χ0n) is 16.4. The number of nitrogens with one attached hydrogen (secondary N) is 1. The highest BCUT2D eigenvalue weighted by Gasteiger charge is 2.35. The largest absolute Gasteiger partial charge is 0.347 e. The minimum Gasteiger partial charge on any atom is -0.347 e. The highest BCUT2D eigenvalue weighted by molar-refractivity contribution is 9.09. The topological polar surface area (TPSA) is 36.8 Å². The van der Waals surface area contributed by atoms with Gasteiger partial charge in [0.1, 0.15) is 12.0 Å². The fraction of sp³-hybridized carbons (Fsp3) is 0.360. The van der Waals surface area contributed by atoms with Crippen LogP contribution < -0.4 is 5.32 Å². The fourth-order valence-electron chi connectivity index (χ4n) is 4.64. The van der Waals surface area contributed by atoms with Gasteiger partial charge in [0.2, 0.25) is 0 Å². The molecule has 1 aliphatic heterocycles. The second-order valence-electron chi connectivity index (χ2n) is 8.14. The van der Waals surface area contributed by atoms with Gasteiger partial charge < -0.3 is 5.32 Å². The van der Waals surface area contributed by atoms with Crippen molar-refractivity contribution in [3.05, 3.63) is 84.1 Å². The summed E-state index contributed by atoms with van der Waals surface area (Å²) in [5.41, 5.74) is 2.46. The van der Waals surface area contributed by atoms with E-state index >= 15 is 0 Å². The van der Waals surface area contributed by atoms with Gasteiger partial charge in [-0.2, -0.15) is 0 Å². The van der Waals surface area contributed by atoms with E-state index in [4.69, 9.17) is 9.98 Å². The van der Waals surface area contributed by atoms with Gasteiger partial charge in [-0.3, -0.25) is 0 Å². The van der Waals surface area contributed by atoms with Crippen LogP contribution in [0.1, 0.15) is 25.7 Å². The monoisotopic (exact) mass is 447 g/mol. The summed E-state index contributed by atoms with van der Waals surface area (Å²) < 4.78 is 0. The third-order valence-electron chi connectivity index (χ3n) is 6.23. The van der Waals surface area contributed by atoms with Crippen molar-refractivity contribution < 1.29 is 0 Å². The Morgan fingerprint density at radius 3 is 2.66 bits per heavy atom. The summed E-state index contributed by atoms with van der Waals surface area (Å²) in [6.07, 6.45) is 31.0. The normalized spacial score (nSPS) is 35.3. The van der Waals surface area contributed by atoms with E-state index in [1.165, 1.54) is 11.1 Å². The first-order valence-corrected chi connectivity index (χ1v) is 11.5. The van der Waals surface area contributed by atoms with Crippen molar-refractivity contribution in [1.29, 1.82) is 0 Å². The van der Waals surface area contributed by atoms with Crippen LogP contribution in [0.15, 0.2) is 94.0 Å². The molecule has 29 heavy (non-hydrogen) atoms. The predicted molar refractivity (Wildman–Crippen MR) is 125 cm³/mol. The van der Waals surface area contributed by atoms with Crippen LogP contribution in [0.2, 0.25) is 0 Å². The van der Waals surface area contributed by atoms with Crippen LogP contribution in [0, 0.1) is 17.8 Å². The smallest absolute Gasteiger partial charge is 0.155 e. The number of amidine groups is 2. The summed E-state index contributed by atoms with van der Waals surface area (Å²) in [7, 11) is 0. The number of hydrogen-bond acceptors (Lipinski definition) is 3. The van der Waals surface area contributed by atoms with Crippen molar-refractivity contribution in [3.63, 3.8) is 0 Å². The molecule has 5 rings (SSSR count). The summed E-state index contributed by atoms with van der Waals surface area (Å²) in [5, 5.41) is 3.63. The average molecular weight is 448 g/mol.